The van der Waals surface area contributed by atoms with E-state index in [0.29, 0.717) is 0 Å². The molecule has 0 spiro atoms. The average molecular weight is 170 g/mol. The Morgan fingerprint density at radius 1 is 1.00 bits per heavy atom. The van der Waals surface area contributed by atoms with Crippen LogP contribution in [-0.4, -0.2) is 9.97 Å². The predicted octanol–water partition coefficient (Wildman–Crippen LogP) is 2.45. The Labute approximate surface area is 77.3 Å². The minimum atomic E-state index is 1.03. The van der Waals surface area contributed by atoms with Gasteiger partial charge >= 0.3 is 0 Å². The van der Waals surface area contributed by atoms with Gasteiger partial charge in [0.25, 0.3) is 0 Å². The summed E-state index contributed by atoms with van der Waals surface area (Å²) in [5.41, 5.74) is 3.34. The number of aryl methyl sites for hydroxylation is 1. The molecule has 0 bridgehead atoms. The van der Waals surface area contributed by atoms with Crippen LogP contribution < -0.4 is 0 Å². The molecule has 2 heterocycles. The van der Waals surface area contributed by atoms with E-state index in [1.807, 2.05) is 24.4 Å². The highest BCUT2D eigenvalue weighted by atomic mass is 14.7. The fraction of sp³-hybridized carbons (Fsp3) is 0.0909. The van der Waals surface area contributed by atoms with Gasteiger partial charge < -0.3 is 0 Å². The van der Waals surface area contributed by atoms with Crippen molar-refractivity contribution in [3.63, 3.8) is 0 Å². The SMILES string of the molecule is Cc1cccnc1-c1ccncc1. The van der Waals surface area contributed by atoms with Gasteiger partial charge in [0, 0.05) is 24.2 Å². The zero-order valence-corrected chi connectivity index (χ0v) is 7.44. The summed E-state index contributed by atoms with van der Waals surface area (Å²) in [6.45, 7) is 2.06. The van der Waals surface area contributed by atoms with Crippen LogP contribution in [-0.2, 0) is 0 Å². The van der Waals surface area contributed by atoms with Crippen LogP contribution in [0.5, 0.6) is 0 Å². The van der Waals surface area contributed by atoms with E-state index in [2.05, 4.69) is 23.0 Å². The second-order valence-corrected chi connectivity index (χ2v) is 2.90. The van der Waals surface area contributed by atoms with E-state index in [1.54, 1.807) is 12.4 Å². The monoisotopic (exact) mass is 170 g/mol. The van der Waals surface area contributed by atoms with Crippen LogP contribution in [0, 0.1) is 6.92 Å². The molecular weight excluding hydrogens is 160 g/mol. The summed E-state index contributed by atoms with van der Waals surface area (Å²) in [6.07, 6.45) is 5.37. The summed E-state index contributed by atoms with van der Waals surface area (Å²) in [4.78, 5) is 8.29. The average Bonchev–Trinajstić information content (AvgIpc) is 2.20. The third-order valence-corrected chi connectivity index (χ3v) is 1.96. The van der Waals surface area contributed by atoms with Gasteiger partial charge in [-0.25, -0.2) is 0 Å². The first kappa shape index (κ1) is 7.92. The highest BCUT2D eigenvalue weighted by molar-refractivity contribution is 5.61. The summed E-state index contributed by atoms with van der Waals surface area (Å²) >= 11 is 0. The number of hydrogen-bond acceptors (Lipinski definition) is 2. The number of aromatic nitrogens is 2. The molecule has 13 heavy (non-hydrogen) atoms. The Kier molecular flexibility index (Phi) is 2.04. The molecule has 0 amide bonds. The zero-order chi connectivity index (χ0) is 9.10. The number of pyridine rings is 2. The second kappa shape index (κ2) is 3.35. The van der Waals surface area contributed by atoms with Crippen molar-refractivity contribution >= 4 is 0 Å². The van der Waals surface area contributed by atoms with E-state index in [-0.39, 0.29) is 0 Å². The first-order valence-electron chi connectivity index (χ1n) is 4.20. The van der Waals surface area contributed by atoms with Gasteiger partial charge in [0.2, 0.25) is 0 Å². The Morgan fingerprint density at radius 2 is 1.77 bits per heavy atom. The summed E-state index contributed by atoms with van der Waals surface area (Å²) in [6, 6.07) is 7.94. The van der Waals surface area contributed by atoms with E-state index in [4.69, 9.17) is 0 Å². The number of rotatable bonds is 1. The lowest BCUT2D eigenvalue weighted by Crippen LogP contribution is -1.86. The van der Waals surface area contributed by atoms with E-state index in [0.717, 1.165) is 11.3 Å². The zero-order valence-electron chi connectivity index (χ0n) is 7.44. The fourth-order valence-corrected chi connectivity index (χ4v) is 1.30. The maximum absolute atomic E-state index is 4.32. The third-order valence-electron chi connectivity index (χ3n) is 1.96. The molecule has 0 N–H and O–H groups in total. The van der Waals surface area contributed by atoms with Crippen molar-refractivity contribution in [2.45, 2.75) is 6.92 Å². The molecule has 0 aliphatic rings. The van der Waals surface area contributed by atoms with Crippen LogP contribution in [0.2, 0.25) is 0 Å². The van der Waals surface area contributed by atoms with Crippen molar-refractivity contribution in [1.82, 2.24) is 9.97 Å². The molecule has 0 aliphatic heterocycles. The Balaban J connectivity index is 2.54. The number of hydrogen-bond donors (Lipinski definition) is 0. The topological polar surface area (TPSA) is 25.8 Å². The largest absolute Gasteiger partial charge is 0.265 e. The minimum Gasteiger partial charge on any atom is -0.265 e. The maximum atomic E-state index is 4.32. The minimum absolute atomic E-state index is 1.03. The maximum Gasteiger partial charge on any atom is 0.0732 e. The molecule has 0 saturated carbocycles. The summed E-state index contributed by atoms with van der Waals surface area (Å²) in [5, 5.41) is 0. The quantitative estimate of drug-likeness (QED) is 0.657. The van der Waals surface area contributed by atoms with E-state index in [1.165, 1.54) is 5.56 Å². The molecule has 2 aromatic rings. The van der Waals surface area contributed by atoms with E-state index < -0.39 is 0 Å². The smallest absolute Gasteiger partial charge is 0.0732 e. The van der Waals surface area contributed by atoms with Gasteiger partial charge in [-0.1, -0.05) is 6.07 Å². The van der Waals surface area contributed by atoms with Gasteiger partial charge in [0.1, 0.15) is 0 Å². The van der Waals surface area contributed by atoms with Gasteiger partial charge in [-0.15, -0.1) is 0 Å². The van der Waals surface area contributed by atoms with Gasteiger partial charge in [-0.3, -0.25) is 9.97 Å². The molecule has 0 aliphatic carbocycles. The molecule has 64 valence electrons. The van der Waals surface area contributed by atoms with Gasteiger partial charge in [0.15, 0.2) is 0 Å². The standard InChI is InChI=1S/C11H10N2/c1-9-3-2-6-13-11(9)10-4-7-12-8-5-10/h2-8H,1H3. The Hall–Kier alpha value is -1.70. The second-order valence-electron chi connectivity index (χ2n) is 2.90. The lowest BCUT2D eigenvalue weighted by molar-refractivity contribution is 1.25. The molecule has 2 rings (SSSR count). The van der Waals surface area contributed by atoms with Crippen LogP contribution in [0.15, 0.2) is 42.9 Å². The molecule has 0 aromatic carbocycles. The highest BCUT2D eigenvalue weighted by Crippen LogP contribution is 2.18. The van der Waals surface area contributed by atoms with Crippen molar-refractivity contribution < 1.29 is 0 Å². The molecule has 2 nitrogen and oxygen atoms in total. The number of nitrogens with zero attached hydrogens (tertiary/aromatic N) is 2. The van der Waals surface area contributed by atoms with Crippen molar-refractivity contribution in [2.75, 3.05) is 0 Å². The molecule has 0 fully saturated rings. The molecular formula is C11H10N2. The highest BCUT2D eigenvalue weighted by Gasteiger charge is 2.00. The van der Waals surface area contributed by atoms with Gasteiger partial charge in [-0.05, 0) is 30.7 Å². The first-order valence-corrected chi connectivity index (χ1v) is 4.20. The Morgan fingerprint density at radius 3 is 2.46 bits per heavy atom. The van der Waals surface area contributed by atoms with Crippen molar-refractivity contribution in [3.8, 4) is 11.3 Å². The first-order chi connectivity index (χ1) is 6.38. The van der Waals surface area contributed by atoms with Crippen LogP contribution in [0.4, 0.5) is 0 Å². The summed E-state index contributed by atoms with van der Waals surface area (Å²) in [5.74, 6) is 0. The molecule has 0 atom stereocenters. The van der Waals surface area contributed by atoms with E-state index >= 15 is 0 Å². The predicted molar refractivity (Wildman–Crippen MR) is 52.2 cm³/mol. The fourth-order valence-electron chi connectivity index (χ4n) is 1.30. The lowest BCUT2D eigenvalue weighted by atomic mass is 10.1. The normalized spacial score (nSPS) is 9.92. The van der Waals surface area contributed by atoms with Crippen molar-refractivity contribution in [2.24, 2.45) is 0 Å². The summed E-state index contributed by atoms with van der Waals surface area (Å²) in [7, 11) is 0. The third kappa shape index (κ3) is 1.56. The van der Waals surface area contributed by atoms with E-state index in [9.17, 15) is 0 Å². The van der Waals surface area contributed by atoms with Crippen LogP contribution >= 0.6 is 0 Å². The van der Waals surface area contributed by atoms with Gasteiger partial charge in [-0.2, -0.15) is 0 Å². The Bertz CT molecular complexity index is 396. The molecule has 0 unspecified atom stereocenters. The van der Waals surface area contributed by atoms with Crippen LogP contribution in [0.25, 0.3) is 11.3 Å². The van der Waals surface area contributed by atoms with Gasteiger partial charge in [0.05, 0.1) is 5.69 Å². The van der Waals surface area contributed by atoms with Crippen LogP contribution in [0.3, 0.4) is 0 Å². The molecule has 0 saturated heterocycles. The van der Waals surface area contributed by atoms with Crippen molar-refractivity contribution in [1.29, 1.82) is 0 Å². The molecule has 2 heteroatoms. The molecule has 0 radical (unpaired) electrons. The van der Waals surface area contributed by atoms with Crippen LogP contribution in [0.1, 0.15) is 5.56 Å². The summed E-state index contributed by atoms with van der Waals surface area (Å²) < 4.78 is 0. The molecule has 2 aromatic heterocycles. The lowest BCUT2D eigenvalue weighted by Gasteiger charge is -2.02. The van der Waals surface area contributed by atoms with Crippen molar-refractivity contribution in [3.05, 3.63) is 48.4 Å².